The molecule has 6 nitrogen and oxygen atoms in total. The lowest BCUT2D eigenvalue weighted by Crippen LogP contribution is -2.13. The Morgan fingerprint density at radius 1 is 1.30 bits per heavy atom. The van der Waals surface area contributed by atoms with Crippen molar-refractivity contribution in [2.75, 3.05) is 4.72 Å². The summed E-state index contributed by atoms with van der Waals surface area (Å²) < 4.78 is 26.4. The van der Waals surface area contributed by atoms with Crippen LogP contribution in [0.4, 0.5) is 5.69 Å². The summed E-state index contributed by atoms with van der Waals surface area (Å²) in [6.07, 6.45) is 2.65. The van der Waals surface area contributed by atoms with Crippen LogP contribution in [0.1, 0.15) is 10.4 Å². The number of carboxylic acids is 1. The van der Waals surface area contributed by atoms with E-state index in [0.717, 1.165) is 0 Å². The fourth-order valence-corrected chi connectivity index (χ4v) is 2.77. The largest absolute Gasteiger partial charge is 0.478 e. The van der Waals surface area contributed by atoms with Crippen molar-refractivity contribution in [2.45, 2.75) is 4.90 Å². The van der Waals surface area contributed by atoms with Crippen molar-refractivity contribution < 1.29 is 18.3 Å². The lowest BCUT2D eigenvalue weighted by atomic mass is 10.2. The Bertz CT molecular complexity index is 747. The molecular weight excluding hydrogens is 304 g/mol. The van der Waals surface area contributed by atoms with E-state index >= 15 is 0 Å². The molecule has 2 aromatic rings. The minimum Gasteiger partial charge on any atom is -0.478 e. The molecule has 0 unspecified atom stereocenters. The Balaban J connectivity index is 2.33. The van der Waals surface area contributed by atoms with E-state index < -0.39 is 16.0 Å². The number of nitrogens with one attached hydrogen (secondary N) is 1. The third-order valence-electron chi connectivity index (χ3n) is 2.41. The van der Waals surface area contributed by atoms with Gasteiger partial charge in [0.25, 0.3) is 10.0 Å². The molecule has 8 heteroatoms. The Morgan fingerprint density at radius 3 is 2.60 bits per heavy atom. The number of carboxylic acid groups (broad SMARTS) is 1. The number of anilines is 1. The summed E-state index contributed by atoms with van der Waals surface area (Å²) >= 11 is 5.86. The molecule has 20 heavy (non-hydrogen) atoms. The number of halogens is 1. The number of carbonyl (C=O) groups is 1. The molecule has 0 saturated carbocycles. The zero-order valence-corrected chi connectivity index (χ0v) is 11.5. The third kappa shape index (κ3) is 3.06. The number of nitrogens with zero attached hydrogens (tertiary/aromatic N) is 1. The van der Waals surface area contributed by atoms with Gasteiger partial charge in [0.15, 0.2) is 0 Å². The molecule has 0 saturated heterocycles. The number of hydrogen-bond donors (Lipinski definition) is 2. The standard InChI is InChI=1S/C12H9ClN2O4S/c13-10-6-8(12(16)17)3-4-11(10)15-20(18,19)9-2-1-5-14-7-9/h1-7,15H,(H,16,17). The first-order valence-corrected chi connectivity index (χ1v) is 7.22. The molecule has 104 valence electrons. The van der Waals surface area contributed by atoms with Crippen LogP contribution in [0, 0.1) is 0 Å². The topological polar surface area (TPSA) is 96.4 Å². The molecule has 0 atom stereocenters. The highest BCUT2D eigenvalue weighted by atomic mass is 35.5. The van der Waals surface area contributed by atoms with Gasteiger partial charge in [-0.05, 0) is 30.3 Å². The quantitative estimate of drug-likeness (QED) is 0.902. The minimum atomic E-state index is -3.81. The second kappa shape index (κ2) is 5.48. The van der Waals surface area contributed by atoms with Crippen LogP contribution in [-0.4, -0.2) is 24.5 Å². The summed E-state index contributed by atoms with van der Waals surface area (Å²) in [5.41, 5.74) is 0.0693. The number of sulfonamides is 1. The lowest BCUT2D eigenvalue weighted by molar-refractivity contribution is 0.0697. The Hall–Kier alpha value is -2.12. The summed E-state index contributed by atoms with van der Waals surface area (Å²) in [4.78, 5) is 14.5. The molecule has 0 amide bonds. The molecule has 0 fully saturated rings. The molecule has 0 radical (unpaired) electrons. The highest BCUT2D eigenvalue weighted by Crippen LogP contribution is 2.25. The van der Waals surface area contributed by atoms with E-state index in [0.29, 0.717) is 0 Å². The zero-order valence-electron chi connectivity index (χ0n) is 9.95. The number of benzene rings is 1. The van der Waals surface area contributed by atoms with Crippen LogP contribution in [0.25, 0.3) is 0 Å². The SMILES string of the molecule is O=C(O)c1ccc(NS(=O)(=O)c2cccnc2)c(Cl)c1. The van der Waals surface area contributed by atoms with Gasteiger partial charge >= 0.3 is 5.97 Å². The van der Waals surface area contributed by atoms with Gasteiger partial charge in [-0.3, -0.25) is 9.71 Å². The van der Waals surface area contributed by atoms with Crippen molar-refractivity contribution in [1.82, 2.24) is 4.98 Å². The lowest BCUT2D eigenvalue weighted by Gasteiger charge is -2.09. The van der Waals surface area contributed by atoms with Crippen molar-refractivity contribution in [3.05, 3.63) is 53.3 Å². The Kier molecular flexibility index (Phi) is 3.91. The van der Waals surface area contributed by atoms with E-state index in [1.54, 1.807) is 0 Å². The van der Waals surface area contributed by atoms with Crippen molar-refractivity contribution in [2.24, 2.45) is 0 Å². The number of hydrogen-bond acceptors (Lipinski definition) is 4. The van der Waals surface area contributed by atoms with Crippen LogP contribution >= 0.6 is 11.6 Å². The molecule has 1 aromatic carbocycles. The fraction of sp³-hybridized carbons (Fsp3) is 0. The molecule has 0 spiro atoms. The van der Waals surface area contributed by atoms with E-state index in [1.165, 1.54) is 42.7 Å². The number of aromatic nitrogens is 1. The molecule has 1 aromatic heterocycles. The van der Waals surface area contributed by atoms with Crippen LogP contribution in [0.15, 0.2) is 47.6 Å². The fourth-order valence-electron chi connectivity index (χ4n) is 1.44. The maximum absolute atomic E-state index is 12.0. The average Bonchev–Trinajstić information content (AvgIpc) is 2.41. The second-order valence-corrected chi connectivity index (χ2v) is 5.88. The monoisotopic (exact) mass is 312 g/mol. The predicted molar refractivity (Wildman–Crippen MR) is 73.5 cm³/mol. The first-order valence-electron chi connectivity index (χ1n) is 5.36. The van der Waals surface area contributed by atoms with E-state index in [-0.39, 0.29) is 21.2 Å². The molecule has 1 heterocycles. The third-order valence-corrected chi connectivity index (χ3v) is 4.07. The second-order valence-electron chi connectivity index (χ2n) is 3.79. The van der Waals surface area contributed by atoms with E-state index in [1.807, 2.05) is 0 Å². The van der Waals surface area contributed by atoms with Crippen LogP contribution in [0.5, 0.6) is 0 Å². The summed E-state index contributed by atoms with van der Waals surface area (Å²) in [6, 6.07) is 6.60. The van der Waals surface area contributed by atoms with Gasteiger partial charge in [0.1, 0.15) is 4.90 Å². The highest BCUT2D eigenvalue weighted by molar-refractivity contribution is 7.92. The van der Waals surface area contributed by atoms with E-state index in [2.05, 4.69) is 9.71 Å². The van der Waals surface area contributed by atoms with Gasteiger partial charge in [-0.1, -0.05) is 11.6 Å². The minimum absolute atomic E-state index is 0.00244. The van der Waals surface area contributed by atoms with Crippen molar-refractivity contribution in [3.63, 3.8) is 0 Å². The summed E-state index contributed by atoms with van der Waals surface area (Å²) in [5, 5.41) is 8.80. The van der Waals surface area contributed by atoms with Crippen LogP contribution < -0.4 is 4.72 Å². The van der Waals surface area contributed by atoms with Crippen LogP contribution in [0.2, 0.25) is 5.02 Å². The summed E-state index contributed by atoms with van der Waals surface area (Å²) in [5.74, 6) is -1.14. The van der Waals surface area contributed by atoms with Gasteiger partial charge in [0, 0.05) is 12.4 Å². The van der Waals surface area contributed by atoms with Gasteiger partial charge in [-0.25, -0.2) is 13.2 Å². The van der Waals surface area contributed by atoms with Crippen molar-refractivity contribution in [1.29, 1.82) is 0 Å². The predicted octanol–water partition coefficient (Wildman–Crippen LogP) is 2.23. The van der Waals surface area contributed by atoms with Crippen molar-refractivity contribution in [3.8, 4) is 0 Å². The number of pyridine rings is 1. The number of rotatable bonds is 4. The average molecular weight is 313 g/mol. The van der Waals surface area contributed by atoms with Crippen LogP contribution in [0.3, 0.4) is 0 Å². The molecule has 2 N–H and O–H groups in total. The maximum Gasteiger partial charge on any atom is 0.335 e. The van der Waals surface area contributed by atoms with Gasteiger partial charge in [-0.15, -0.1) is 0 Å². The maximum atomic E-state index is 12.0. The molecule has 0 aliphatic heterocycles. The summed E-state index contributed by atoms with van der Waals surface area (Å²) in [7, 11) is -3.81. The smallest absolute Gasteiger partial charge is 0.335 e. The molecule has 0 aliphatic rings. The molecular formula is C12H9ClN2O4S. The first kappa shape index (κ1) is 14.3. The van der Waals surface area contributed by atoms with Gasteiger partial charge in [0.2, 0.25) is 0 Å². The summed E-state index contributed by atoms with van der Waals surface area (Å²) in [6.45, 7) is 0. The Labute approximate surface area is 120 Å². The molecule has 0 bridgehead atoms. The normalized spacial score (nSPS) is 11.1. The molecule has 0 aliphatic carbocycles. The van der Waals surface area contributed by atoms with Gasteiger partial charge in [0.05, 0.1) is 16.3 Å². The Morgan fingerprint density at radius 2 is 2.05 bits per heavy atom. The first-order chi connectivity index (χ1) is 9.40. The van der Waals surface area contributed by atoms with Gasteiger partial charge < -0.3 is 5.11 Å². The van der Waals surface area contributed by atoms with E-state index in [4.69, 9.17) is 16.7 Å². The van der Waals surface area contributed by atoms with Gasteiger partial charge in [-0.2, -0.15) is 0 Å². The zero-order chi connectivity index (χ0) is 14.8. The number of aromatic carboxylic acids is 1. The van der Waals surface area contributed by atoms with Crippen molar-refractivity contribution >= 4 is 33.3 Å². The molecule has 2 rings (SSSR count). The van der Waals surface area contributed by atoms with E-state index in [9.17, 15) is 13.2 Å². The van der Waals surface area contributed by atoms with Crippen LogP contribution in [-0.2, 0) is 10.0 Å². The highest BCUT2D eigenvalue weighted by Gasteiger charge is 2.16.